The van der Waals surface area contributed by atoms with Gasteiger partial charge in [-0.1, -0.05) is 0 Å². The Bertz CT molecular complexity index is 817. The van der Waals surface area contributed by atoms with Crippen molar-refractivity contribution in [3.8, 4) is 0 Å². The van der Waals surface area contributed by atoms with Crippen LogP contribution in [0.4, 0.5) is 4.39 Å². The third-order valence-corrected chi connectivity index (χ3v) is 4.84. The second-order valence-corrected chi connectivity index (χ2v) is 6.22. The van der Waals surface area contributed by atoms with Crippen LogP contribution in [0.5, 0.6) is 0 Å². The second kappa shape index (κ2) is 5.02. The Morgan fingerprint density at radius 3 is 2.59 bits per heavy atom. The van der Waals surface area contributed by atoms with Gasteiger partial charge in [0.2, 0.25) is 0 Å². The normalized spacial score (nSPS) is 21.7. The molecule has 0 spiro atoms. The summed E-state index contributed by atoms with van der Waals surface area (Å²) in [7, 11) is 0. The highest BCUT2D eigenvalue weighted by molar-refractivity contribution is 5.84. The number of carbonyl (C=O) groups is 1. The highest BCUT2D eigenvalue weighted by Crippen LogP contribution is 2.35. The van der Waals surface area contributed by atoms with Gasteiger partial charge in [-0.15, -0.1) is 0 Å². The second-order valence-electron chi connectivity index (χ2n) is 6.22. The third-order valence-electron chi connectivity index (χ3n) is 4.84. The van der Waals surface area contributed by atoms with E-state index >= 15 is 0 Å². The first-order valence-corrected chi connectivity index (χ1v) is 7.69. The van der Waals surface area contributed by atoms with Crippen LogP contribution in [0.3, 0.4) is 0 Å². The summed E-state index contributed by atoms with van der Waals surface area (Å²) in [5, 5.41) is 0.910. The molecule has 1 aromatic heterocycles. The minimum absolute atomic E-state index is 0.0213. The fourth-order valence-corrected chi connectivity index (χ4v) is 3.72. The largest absolute Gasteiger partial charge is 0.307 e. The van der Waals surface area contributed by atoms with Crippen LogP contribution in [0.25, 0.3) is 10.9 Å². The summed E-state index contributed by atoms with van der Waals surface area (Å²) in [6.07, 6.45) is 1.15. The lowest BCUT2D eigenvalue weighted by Gasteiger charge is -2.28. The quantitative estimate of drug-likeness (QED) is 0.851. The minimum atomic E-state index is -0.234. The number of aromatic nitrogens is 1. The van der Waals surface area contributed by atoms with Crippen LogP contribution in [-0.2, 0) is 11.3 Å². The monoisotopic (exact) mass is 300 g/mol. The molecule has 4 rings (SSSR count). The van der Waals surface area contributed by atoms with Gasteiger partial charge in [-0.25, -0.2) is 4.39 Å². The number of ketones is 1. The van der Waals surface area contributed by atoms with E-state index in [9.17, 15) is 14.0 Å². The highest BCUT2D eigenvalue weighted by atomic mass is 19.1. The average Bonchev–Trinajstić information content (AvgIpc) is 2.89. The number of nitrogens with zero attached hydrogens (tertiary/aromatic N) is 2. The molecule has 5 heteroatoms. The maximum absolute atomic E-state index is 14.4. The summed E-state index contributed by atoms with van der Waals surface area (Å²) < 4.78 is 16.1. The van der Waals surface area contributed by atoms with Crippen molar-refractivity contribution < 1.29 is 9.18 Å². The number of carbonyl (C=O) groups excluding carboxylic acids is 1. The zero-order valence-corrected chi connectivity index (χ0v) is 12.2. The van der Waals surface area contributed by atoms with Gasteiger partial charge in [-0.2, -0.15) is 0 Å². The molecule has 1 saturated heterocycles. The number of hydrogen-bond donors (Lipinski definition) is 0. The van der Waals surface area contributed by atoms with E-state index in [1.165, 1.54) is 6.07 Å². The van der Waals surface area contributed by atoms with Crippen LogP contribution >= 0.6 is 0 Å². The van der Waals surface area contributed by atoms with Gasteiger partial charge in [0.15, 0.2) is 0 Å². The van der Waals surface area contributed by atoms with Crippen molar-refractivity contribution in [2.75, 3.05) is 19.6 Å². The molecule has 0 saturated carbocycles. The first-order valence-electron chi connectivity index (χ1n) is 7.69. The number of piperidine rings is 1. The van der Waals surface area contributed by atoms with Crippen LogP contribution in [-0.4, -0.2) is 34.9 Å². The SMILES string of the molecule is O=C1CCN(C[C@@H]2Cn3c(=O)ccc4ccc(F)c2c43)CC1. The molecule has 22 heavy (non-hydrogen) atoms. The summed E-state index contributed by atoms with van der Waals surface area (Å²) in [6, 6.07) is 6.53. The fraction of sp³-hybridized carbons (Fsp3) is 0.412. The van der Waals surface area contributed by atoms with Gasteiger partial charge in [0.05, 0.1) is 5.52 Å². The Labute approximate surface area is 127 Å². The molecule has 0 amide bonds. The van der Waals surface area contributed by atoms with Crippen molar-refractivity contribution in [3.05, 3.63) is 46.0 Å². The van der Waals surface area contributed by atoms with Crippen molar-refractivity contribution in [1.29, 1.82) is 0 Å². The Balaban J connectivity index is 1.71. The van der Waals surface area contributed by atoms with Crippen molar-refractivity contribution in [2.45, 2.75) is 25.3 Å². The first kappa shape index (κ1) is 13.6. The average molecular weight is 300 g/mol. The van der Waals surface area contributed by atoms with E-state index in [2.05, 4.69) is 4.90 Å². The summed E-state index contributed by atoms with van der Waals surface area (Å²) in [4.78, 5) is 25.6. The van der Waals surface area contributed by atoms with Crippen molar-refractivity contribution >= 4 is 16.7 Å². The topological polar surface area (TPSA) is 42.3 Å². The van der Waals surface area contributed by atoms with Crippen molar-refractivity contribution in [1.82, 2.24) is 9.47 Å². The van der Waals surface area contributed by atoms with Gasteiger partial charge in [-0.3, -0.25) is 9.59 Å². The van der Waals surface area contributed by atoms with Gasteiger partial charge in [0.1, 0.15) is 11.6 Å². The maximum atomic E-state index is 14.4. The van der Waals surface area contributed by atoms with E-state index in [-0.39, 0.29) is 17.3 Å². The molecule has 114 valence electrons. The van der Waals surface area contributed by atoms with Crippen LogP contribution < -0.4 is 5.56 Å². The number of hydrogen-bond acceptors (Lipinski definition) is 3. The summed E-state index contributed by atoms with van der Waals surface area (Å²) in [6.45, 7) is 2.69. The number of Topliss-reactive ketones (excluding diaryl/α,β-unsaturated/α-hetero) is 1. The molecule has 2 aromatic rings. The van der Waals surface area contributed by atoms with Gasteiger partial charge in [-0.05, 0) is 23.6 Å². The summed E-state index contributed by atoms with van der Waals surface area (Å²) in [5.74, 6) is 0.0462. The molecular formula is C17H17FN2O2. The van der Waals surface area contributed by atoms with Gasteiger partial charge in [0, 0.05) is 56.6 Å². The molecule has 0 radical (unpaired) electrons. The number of rotatable bonds is 2. The number of pyridine rings is 1. The number of halogens is 1. The summed E-state index contributed by atoms with van der Waals surface area (Å²) in [5.41, 5.74) is 1.33. The van der Waals surface area contributed by atoms with Crippen LogP contribution in [0.1, 0.15) is 24.3 Å². The molecule has 1 atom stereocenters. The molecule has 2 aliphatic heterocycles. The molecule has 0 unspecified atom stereocenters. The smallest absolute Gasteiger partial charge is 0.251 e. The molecular weight excluding hydrogens is 283 g/mol. The molecule has 0 bridgehead atoms. The van der Waals surface area contributed by atoms with Crippen LogP contribution in [0.2, 0.25) is 0 Å². The Hall–Kier alpha value is -2.01. The molecule has 4 nitrogen and oxygen atoms in total. The molecule has 2 aliphatic rings. The predicted octanol–water partition coefficient (Wildman–Crippen LogP) is 1.90. The molecule has 3 heterocycles. The summed E-state index contributed by atoms with van der Waals surface area (Å²) >= 11 is 0. The van der Waals surface area contributed by atoms with E-state index in [4.69, 9.17) is 0 Å². The van der Waals surface area contributed by atoms with Gasteiger partial charge < -0.3 is 9.47 Å². The van der Waals surface area contributed by atoms with Crippen LogP contribution in [0.15, 0.2) is 29.1 Å². The Morgan fingerprint density at radius 1 is 1.09 bits per heavy atom. The highest BCUT2D eigenvalue weighted by Gasteiger charge is 2.30. The van der Waals surface area contributed by atoms with Crippen LogP contribution in [0, 0.1) is 5.82 Å². The van der Waals surface area contributed by atoms with E-state index in [1.807, 2.05) is 0 Å². The molecule has 1 fully saturated rings. The van der Waals surface area contributed by atoms with E-state index < -0.39 is 0 Å². The number of likely N-dealkylation sites (tertiary alicyclic amines) is 1. The minimum Gasteiger partial charge on any atom is -0.307 e. The van der Waals surface area contributed by atoms with E-state index in [0.29, 0.717) is 37.3 Å². The maximum Gasteiger partial charge on any atom is 0.251 e. The van der Waals surface area contributed by atoms with Crippen molar-refractivity contribution in [2.24, 2.45) is 0 Å². The molecule has 0 N–H and O–H groups in total. The predicted molar refractivity (Wildman–Crippen MR) is 81.6 cm³/mol. The lowest BCUT2D eigenvalue weighted by molar-refractivity contribution is -0.121. The van der Waals surface area contributed by atoms with Crippen molar-refractivity contribution in [3.63, 3.8) is 0 Å². The zero-order valence-electron chi connectivity index (χ0n) is 12.2. The van der Waals surface area contributed by atoms with E-state index in [1.54, 1.807) is 22.8 Å². The fourth-order valence-electron chi connectivity index (χ4n) is 3.72. The van der Waals surface area contributed by atoms with E-state index in [0.717, 1.165) is 24.0 Å². The molecule has 0 aliphatic carbocycles. The Morgan fingerprint density at radius 2 is 1.82 bits per heavy atom. The molecule has 1 aromatic carbocycles. The van der Waals surface area contributed by atoms with Gasteiger partial charge >= 0.3 is 0 Å². The first-order chi connectivity index (χ1) is 10.6. The third kappa shape index (κ3) is 2.08. The zero-order chi connectivity index (χ0) is 15.3. The standard InChI is InChI=1S/C17H17FN2O2/c18-14-3-1-11-2-4-15(22)20-10-12(16(14)17(11)20)9-19-7-5-13(21)6-8-19/h1-4,12H,5-10H2/t12-/m1/s1. The number of benzene rings is 1. The van der Waals surface area contributed by atoms with Gasteiger partial charge in [0.25, 0.3) is 5.56 Å². The lowest BCUT2D eigenvalue weighted by Crippen LogP contribution is -2.37. The Kier molecular flexibility index (Phi) is 3.11. The lowest BCUT2D eigenvalue weighted by atomic mass is 9.97.